The minimum absolute atomic E-state index is 0.0541. The van der Waals surface area contributed by atoms with Gasteiger partial charge in [0.1, 0.15) is 10.4 Å². The summed E-state index contributed by atoms with van der Waals surface area (Å²) in [6.45, 7) is 7.07. The van der Waals surface area contributed by atoms with Gasteiger partial charge in [-0.05, 0) is 34.7 Å². The molecule has 0 bridgehead atoms. The highest BCUT2D eigenvalue weighted by Crippen LogP contribution is 2.30. The molecule has 0 saturated heterocycles. The van der Waals surface area contributed by atoms with Gasteiger partial charge in [0.2, 0.25) is 5.88 Å². The van der Waals surface area contributed by atoms with E-state index >= 15 is 0 Å². The summed E-state index contributed by atoms with van der Waals surface area (Å²) in [6, 6.07) is 1.83. The van der Waals surface area contributed by atoms with Crippen LogP contribution in [0.25, 0.3) is 0 Å². The predicted octanol–water partition coefficient (Wildman–Crippen LogP) is 3.33. The molecule has 0 amide bonds. The smallest absolute Gasteiger partial charge is 0.217 e. The third kappa shape index (κ3) is 3.17. The molecule has 16 heavy (non-hydrogen) atoms. The summed E-state index contributed by atoms with van der Waals surface area (Å²) in [5.74, 6) is 2.23. The van der Waals surface area contributed by atoms with Crippen molar-refractivity contribution in [3.63, 3.8) is 0 Å². The van der Waals surface area contributed by atoms with Crippen molar-refractivity contribution in [2.24, 2.45) is 5.92 Å². The van der Waals surface area contributed by atoms with E-state index in [0.29, 0.717) is 5.88 Å². The van der Waals surface area contributed by atoms with E-state index in [1.807, 2.05) is 6.07 Å². The topological polar surface area (TPSA) is 35.0 Å². The summed E-state index contributed by atoms with van der Waals surface area (Å²) in [6.07, 6.45) is 2.58. The number of ether oxygens (including phenoxy) is 1. The summed E-state index contributed by atoms with van der Waals surface area (Å²) < 4.78 is 6.46. The Hall–Kier alpha value is -0.640. The molecule has 88 valence electrons. The number of aromatic nitrogens is 2. The summed E-state index contributed by atoms with van der Waals surface area (Å²) in [4.78, 5) is 8.81. The fraction of sp³-hybridized carbons (Fsp3) is 0.667. The average Bonchev–Trinajstić information content (AvgIpc) is 2.96. The first-order chi connectivity index (χ1) is 7.45. The third-order valence-corrected chi connectivity index (χ3v) is 2.91. The number of nitrogens with zero attached hydrogens (tertiary/aromatic N) is 2. The summed E-state index contributed by atoms with van der Waals surface area (Å²) in [5.41, 5.74) is -0.0541. The van der Waals surface area contributed by atoms with Crippen molar-refractivity contribution in [2.45, 2.75) is 39.0 Å². The van der Waals surface area contributed by atoms with Gasteiger partial charge in [0.25, 0.3) is 0 Å². The van der Waals surface area contributed by atoms with Crippen LogP contribution in [0.5, 0.6) is 5.88 Å². The molecule has 1 aromatic rings. The van der Waals surface area contributed by atoms with E-state index < -0.39 is 0 Å². The lowest BCUT2D eigenvalue weighted by Gasteiger charge is -2.17. The fourth-order valence-electron chi connectivity index (χ4n) is 1.29. The van der Waals surface area contributed by atoms with E-state index in [9.17, 15) is 0 Å². The summed E-state index contributed by atoms with van der Waals surface area (Å²) >= 11 is 3.40. The van der Waals surface area contributed by atoms with Gasteiger partial charge in [-0.3, -0.25) is 0 Å². The van der Waals surface area contributed by atoms with Crippen molar-refractivity contribution in [2.75, 3.05) is 6.61 Å². The van der Waals surface area contributed by atoms with Gasteiger partial charge in [0.05, 0.1) is 6.61 Å². The van der Waals surface area contributed by atoms with E-state index in [1.165, 1.54) is 12.8 Å². The lowest BCUT2D eigenvalue weighted by molar-refractivity contribution is 0.284. The van der Waals surface area contributed by atoms with Crippen molar-refractivity contribution in [3.8, 4) is 5.88 Å². The van der Waals surface area contributed by atoms with Gasteiger partial charge < -0.3 is 4.74 Å². The molecular formula is C12H17BrN2O. The Bertz CT molecular complexity index is 383. The molecule has 0 aromatic carbocycles. The molecule has 3 nitrogen and oxygen atoms in total. The maximum atomic E-state index is 5.67. The Labute approximate surface area is 105 Å². The van der Waals surface area contributed by atoms with E-state index in [0.717, 1.165) is 23.0 Å². The second-order valence-corrected chi connectivity index (χ2v) is 6.17. The van der Waals surface area contributed by atoms with Crippen LogP contribution in [0, 0.1) is 5.92 Å². The average molecular weight is 285 g/mol. The fourth-order valence-corrected chi connectivity index (χ4v) is 1.66. The van der Waals surface area contributed by atoms with Crippen molar-refractivity contribution in [1.29, 1.82) is 0 Å². The van der Waals surface area contributed by atoms with Crippen molar-refractivity contribution in [3.05, 3.63) is 16.5 Å². The van der Waals surface area contributed by atoms with Crippen molar-refractivity contribution < 1.29 is 4.74 Å². The van der Waals surface area contributed by atoms with Crippen molar-refractivity contribution in [1.82, 2.24) is 9.97 Å². The largest absolute Gasteiger partial charge is 0.477 e. The highest BCUT2D eigenvalue weighted by atomic mass is 79.9. The van der Waals surface area contributed by atoms with E-state index in [1.54, 1.807) is 0 Å². The number of hydrogen-bond acceptors (Lipinski definition) is 3. The van der Waals surface area contributed by atoms with Crippen LogP contribution in [-0.4, -0.2) is 16.6 Å². The molecule has 1 aromatic heterocycles. The zero-order valence-electron chi connectivity index (χ0n) is 9.96. The molecule has 1 aliphatic carbocycles. The molecule has 1 saturated carbocycles. The molecular weight excluding hydrogens is 268 g/mol. The van der Waals surface area contributed by atoms with Crippen LogP contribution in [0.2, 0.25) is 0 Å². The van der Waals surface area contributed by atoms with Gasteiger partial charge in [0.15, 0.2) is 0 Å². The summed E-state index contributed by atoms with van der Waals surface area (Å²) in [7, 11) is 0. The van der Waals surface area contributed by atoms with Crippen LogP contribution < -0.4 is 4.74 Å². The second kappa shape index (κ2) is 4.32. The van der Waals surface area contributed by atoms with Gasteiger partial charge in [-0.2, -0.15) is 4.98 Å². The molecule has 1 fully saturated rings. The lowest BCUT2D eigenvalue weighted by Crippen LogP contribution is -2.17. The van der Waals surface area contributed by atoms with Crippen LogP contribution in [0.15, 0.2) is 10.7 Å². The number of rotatable bonds is 3. The Morgan fingerprint density at radius 3 is 2.62 bits per heavy atom. The molecule has 1 aliphatic rings. The minimum atomic E-state index is -0.0541. The first kappa shape index (κ1) is 11.8. The SMILES string of the molecule is CC(C)(C)c1nc(Br)cc(OCC2CC2)n1. The third-order valence-electron chi connectivity index (χ3n) is 2.51. The van der Waals surface area contributed by atoms with Crippen LogP contribution in [-0.2, 0) is 5.41 Å². The number of hydrogen-bond donors (Lipinski definition) is 0. The Kier molecular flexibility index (Phi) is 3.19. The number of halogens is 1. The first-order valence-corrected chi connectivity index (χ1v) is 6.42. The quantitative estimate of drug-likeness (QED) is 0.799. The van der Waals surface area contributed by atoms with Crippen LogP contribution >= 0.6 is 15.9 Å². The molecule has 0 N–H and O–H groups in total. The maximum Gasteiger partial charge on any atom is 0.217 e. The highest BCUT2D eigenvalue weighted by Gasteiger charge is 2.23. The van der Waals surface area contributed by atoms with E-state index in [2.05, 4.69) is 46.7 Å². The molecule has 2 rings (SSSR count). The molecule has 0 unspecified atom stereocenters. The zero-order chi connectivity index (χ0) is 11.8. The molecule has 0 spiro atoms. The van der Waals surface area contributed by atoms with Crippen molar-refractivity contribution >= 4 is 15.9 Å². The second-order valence-electron chi connectivity index (χ2n) is 5.36. The molecule has 0 aliphatic heterocycles. The first-order valence-electron chi connectivity index (χ1n) is 5.63. The Balaban J connectivity index is 2.14. The van der Waals surface area contributed by atoms with Gasteiger partial charge >= 0.3 is 0 Å². The zero-order valence-corrected chi connectivity index (χ0v) is 11.5. The minimum Gasteiger partial charge on any atom is -0.477 e. The van der Waals surface area contributed by atoms with Gasteiger partial charge in [-0.15, -0.1) is 0 Å². The molecule has 0 radical (unpaired) electrons. The summed E-state index contributed by atoms with van der Waals surface area (Å²) in [5, 5.41) is 0. The predicted molar refractivity (Wildman–Crippen MR) is 66.7 cm³/mol. The highest BCUT2D eigenvalue weighted by molar-refractivity contribution is 9.10. The molecule has 1 heterocycles. The Morgan fingerprint density at radius 1 is 1.38 bits per heavy atom. The maximum absolute atomic E-state index is 5.67. The van der Waals surface area contributed by atoms with Crippen LogP contribution in [0.4, 0.5) is 0 Å². The molecule has 0 atom stereocenters. The van der Waals surface area contributed by atoms with Gasteiger partial charge in [-0.25, -0.2) is 4.98 Å². The van der Waals surface area contributed by atoms with Gasteiger partial charge in [0, 0.05) is 11.5 Å². The van der Waals surface area contributed by atoms with Crippen LogP contribution in [0.1, 0.15) is 39.4 Å². The lowest BCUT2D eigenvalue weighted by atomic mass is 9.96. The molecule has 4 heteroatoms. The van der Waals surface area contributed by atoms with E-state index in [4.69, 9.17) is 4.74 Å². The standard InChI is InChI=1S/C12H17BrN2O/c1-12(2,3)11-14-9(13)6-10(15-11)16-7-8-4-5-8/h6,8H,4-5,7H2,1-3H3. The van der Waals surface area contributed by atoms with Gasteiger partial charge in [-0.1, -0.05) is 20.8 Å². The monoisotopic (exact) mass is 284 g/mol. The van der Waals surface area contributed by atoms with E-state index in [-0.39, 0.29) is 5.41 Å². The van der Waals surface area contributed by atoms with Crippen LogP contribution in [0.3, 0.4) is 0 Å². The Morgan fingerprint density at radius 2 is 2.06 bits per heavy atom. The normalized spacial score (nSPS) is 16.2.